The molecule has 0 aromatic heterocycles. The van der Waals surface area contributed by atoms with Gasteiger partial charge in [0.2, 0.25) is 6.29 Å². The summed E-state index contributed by atoms with van der Waals surface area (Å²) in [6.45, 7) is -0.474. The number of aliphatic hydroxyl groups excluding tert-OH is 10. The van der Waals surface area contributed by atoms with Crippen LogP contribution in [0.25, 0.3) is 0 Å². The zero-order valence-corrected chi connectivity index (χ0v) is 29.5. The lowest BCUT2D eigenvalue weighted by molar-refractivity contribution is -0.384. The lowest BCUT2D eigenvalue weighted by Crippen LogP contribution is -2.63. The Balaban J connectivity index is 1.51. The minimum atomic E-state index is -1.84. The summed E-state index contributed by atoms with van der Waals surface area (Å²) in [6.07, 6.45) is -23.7. The Morgan fingerprint density at radius 3 is 2.27 bits per heavy atom. The molecule has 0 aromatic carbocycles. The highest BCUT2D eigenvalue weighted by Crippen LogP contribution is 2.32. The fourth-order valence-corrected chi connectivity index (χ4v) is 7.28. The van der Waals surface area contributed by atoms with Crippen LogP contribution < -0.4 is 5.32 Å². The summed E-state index contributed by atoms with van der Waals surface area (Å²) in [7, 11) is 0. The van der Waals surface area contributed by atoms with Crippen LogP contribution in [-0.4, -0.2) is 212 Å². The molecule has 22 heteroatoms. The van der Waals surface area contributed by atoms with E-state index in [0.29, 0.717) is 12.3 Å². The SMILES string of the molecule is CC(=O)CSCSCCCNCC(O)C(O)C(CO)O[C@@H]1OC[C@@H](O[C@@H]2OC[C@@H](O)C(O)C2O[C@H]2OC(OC=O)[C@@H](CO)[C@H](O)C2O)[C@@H](O)C1O. The Kier molecular flexibility index (Phi) is 19.7. The Morgan fingerprint density at radius 1 is 0.902 bits per heavy atom. The molecule has 0 radical (unpaired) electrons. The first kappa shape index (κ1) is 44.6. The Labute approximate surface area is 302 Å². The van der Waals surface area contributed by atoms with Gasteiger partial charge in [0.15, 0.2) is 18.9 Å². The van der Waals surface area contributed by atoms with E-state index in [1.165, 1.54) is 18.7 Å². The minimum Gasteiger partial charge on any atom is -0.437 e. The van der Waals surface area contributed by atoms with E-state index in [-0.39, 0.29) is 18.8 Å². The van der Waals surface area contributed by atoms with Crippen molar-refractivity contribution >= 4 is 35.8 Å². The van der Waals surface area contributed by atoms with Gasteiger partial charge >= 0.3 is 0 Å². The van der Waals surface area contributed by atoms with Crippen LogP contribution in [0.4, 0.5) is 0 Å². The number of rotatable bonds is 22. The molecule has 11 N–H and O–H groups in total. The highest BCUT2D eigenvalue weighted by atomic mass is 32.2. The molecule has 3 heterocycles. The van der Waals surface area contributed by atoms with Crippen molar-refractivity contribution in [3.8, 4) is 0 Å². The van der Waals surface area contributed by atoms with E-state index in [9.17, 15) is 60.7 Å². The number of ketones is 1. The van der Waals surface area contributed by atoms with E-state index in [1.807, 2.05) is 0 Å². The molecular weight excluding hydrogens is 730 g/mol. The maximum absolute atomic E-state index is 11.0. The number of hydrogen-bond donors (Lipinski definition) is 11. The van der Waals surface area contributed by atoms with Crippen LogP contribution in [0.1, 0.15) is 13.3 Å². The van der Waals surface area contributed by atoms with Crippen molar-refractivity contribution in [3.63, 3.8) is 0 Å². The first-order valence-corrected chi connectivity index (χ1v) is 18.6. The molecule has 0 spiro atoms. The topological polar surface area (TPSA) is 313 Å². The lowest BCUT2D eigenvalue weighted by atomic mass is 9.94. The average Bonchev–Trinajstić information content (AvgIpc) is 3.10. The fraction of sp³-hybridized carbons (Fsp3) is 0.931. The second-order valence-corrected chi connectivity index (χ2v) is 14.7. The maximum atomic E-state index is 11.0. The first-order valence-electron chi connectivity index (χ1n) is 16.3. The summed E-state index contributed by atoms with van der Waals surface area (Å²) in [5.74, 6) is 0.155. The molecule has 3 aliphatic rings. The third-order valence-corrected chi connectivity index (χ3v) is 10.8. The Hall–Kier alpha value is -0.840. The Bertz CT molecular complexity index is 1020. The number of nitrogens with one attached hydrogen (secondary N) is 1. The summed E-state index contributed by atoms with van der Waals surface area (Å²) < 4.78 is 37.9. The molecule has 3 rings (SSSR count). The van der Waals surface area contributed by atoms with Gasteiger partial charge < -0.3 is 89.5 Å². The molecule has 0 saturated carbocycles. The number of hydrogen-bond acceptors (Lipinski definition) is 22. The number of Topliss-reactive ketones (excluding diaryl/α,β-unsaturated/α-hetero) is 1. The van der Waals surface area contributed by atoms with Gasteiger partial charge in [0, 0.05) is 11.6 Å². The fourth-order valence-electron chi connectivity index (χ4n) is 5.37. The molecule has 3 saturated heterocycles. The van der Waals surface area contributed by atoms with Gasteiger partial charge in [0.25, 0.3) is 6.47 Å². The lowest BCUT2D eigenvalue weighted by Gasteiger charge is -2.46. The third-order valence-electron chi connectivity index (χ3n) is 8.28. The molecule has 16 atom stereocenters. The normalized spacial score (nSPS) is 37.7. The van der Waals surface area contributed by atoms with Gasteiger partial charge in [-0.3, -0.25) is 9.59 Å². The zero-order chi connectivity index (χ0) is 37.7. The number of aliphatic hydroxyl groups is 10. The van der Waals surface area contributed by atoms with Crippen LogP contribution in [0.5, 0.6) is 0 Å². The van der Waals surface area contributed by atoms with Crippen LogP contribution in [0, 0.1) is 5.92 Å². The molecular formula is C29H51NO19S2. The first-order chi connectivity index (χ1) is 24.3. The monoisotopic (exact) mass is 781 g/mol. The molecule has 3 aliphatic heterocycles. The summed E-state index contributed by atoms with van der Waals surface area (Å²) in [4.78, 5) is 21.9. The van der Waals surface area contributed by atoms with Crippen LogP contribution in [0.2, 0.25) is 0 Å². The van der Waals surface area contributed by atoms with Gasteiger partial charge in [-0.05, 0) is 25.6 Å². The van der Waals surface area contributed by atoms with E-state index < -0.39 is 125 Å². The Morgan fingerprint density at radius 2 is 1.61 bits per heavy atom. The van der Waals surface area contributed by atoms with Crippen molar-refractivity contribution in [3.05, 3.63) is 0 Å². The second-order valence-electron chi connectivity index (χ2n) is 12.2. The number of carbonyl (C=O) groups excluding carboxylic acids is 2. The molecule has 8 unspecified atom stereocenters. The molecule has 298 valence electrons. The predicted octanol–water partition coefficient (Wildman–Crippen LogP) is -5.81. The molecule has 20 nitrogen and oxygen atoms in total. The standard InChI is InChI=1S/C29H51NO19S2/c1-13(34)10-51-12-50-4-2-3-30-5-15(35)20(38)17(7-32)46-27-24(42)22(40)18(9-44-27)47-29-25(21(39)16(36)8-43-29)48-28-23(41)19(37)14(6-31)26(49-28)45-11-33/h11,14-32,35-42H,2-10,12H2,1H3/t14-,15?,16+,17?,18+,19-,20?,21?,22+,23?,24?,25?,26?,27-,28-,29-/m0/s1. The predicted molar refractivity (Wildman–Crippen MR) is 174 cm³/mol. The average molecular weight is 782 g/mol. The van der Waals surface area contributed by atoms with Crippen LogP contribution in [0.3, 0.4) is 0 Å². The molecule has 0 amide bonds. The van der Waals surface area contributed by atoms with Crippen molar-refractivity contribution in [2.45, 2.75) is 106 Å². The largest absolute Gasteiger partial charge is 0.437 e. The van der Waals surface area contributed by atoms with Crippen molar-refractivity contribution in [1.29, 1.82) is 0 Å². The highest BCUT2D eigenvalue weighted by Gasteiger charge is 2.51. The van der Waals surface area contributed by atoms with E-state index in [2.05, 4.69) is 5.32 Å². The molecule has 3 fully saturated rings. The van der Waals surface area contributed by atoms with Gasteiger partial charge in [-0.2, -0.15) is 11.8 Å². The van der Waals surface area contributed by atoms with Gasteiger partial charge in [-0.15, -0.1) is 11.8 Å². The summed E-state index contributed by atoms with van der Waals surface area (Å²) in [5.41, 5.74) is 0. The smallest absolute Gasteiger partial charge is 0.295 e. The van der Waals surface area contributed by atoms with E-state index in [0.717, 1.165) is 17.3 Å². The molecule has 0 aliphatic carbocycles. The molecule has 51 heavy (non-hydrogen) atoms. The summed E-state index contributed by atoms with van der Waals surface area (Å²) >= 11 is 3.21. The van der Waals surface area contributed by atoms with E-state index >= 15 is 0 Å². The van der Waals surface area contributed by atoms with Gasteiger partial charge in [-0.1, -0.05) is 0 Å². The van der Waals surface area contributed by atoms with E-state index in [4.69, 9.17) is 33.2 Å². The van der Waals surface area contributed by atoms with Gasteiger partial charge in [-0.25, -0.2) is 0 Å². The highest BCUT2D eigenvalue weighted by molar-refractivity contribution is 8.16. The molecule has 0 bridgehead atoms. The summed E-state index contributed by atoms with van der Waals surface area (Å²) in [5, 5.41) is 108. The van der Waals surface area contributed by atoms with Gasteiger partial charge in [0.1, 0.15) is 60.7 Å². The number of ether oxygens (including phenoxy) is 7. The number of carbonyl (C=O) groups is 2. The minimum absolute atomic E-state index is 0.0104. The van der Waals surface area contributed by atoms with Crippen LogP contribution in [0.15, 0.2) is 0 Å². The van der Waals surface area contributed by atoms with Crippen LogP contribution in [-0.2, 0) is 42.7 Å². The second kappa shape index (κ2) is 22.5. The van der Waals surface area contributed by atoms with E-state index in [1.54, 1.807) is 11.8 Å². The third kappa shape index (κ3) is 12.9. The van der Waals surface area contributed by atoms with Crippen LogP contribution >= 0.6 is 23.5 Å². The zero-order valence-electron chi connectivity index (χ0n) is 27.8. The van der Waals surface area contributed by atoms with Crippen molar-refractivity contribution in [1.82, 2.24) is 5.32 Å². The van der Waals surface area contributed by atoms with Gasteiger partial charge in [0.05, 0.1) is 50.3 Å². The number of thioether (sulfide) groups is 2. The van der Waals surface area contributed by atoms with Crippen molar-refractivity contribution in [2.24, 2.45) is 5.92 Å². The summed E-state index contributed by atoms with van der Waals surface area (Å²) in [6, 6.07) is 0. The molecule has 0 aromatic rings. The van der Waals surface area contributed by atoms with Crippen molar-refractivity contribution < 1.29 is 93.8 Å². The maximum Gasteiger partial charge on any atom is 0.295 e. The van der Waals surface area contributed by atoms with Crippen molar-refractivity contribution in [2.75, 3.05) is 56.1 Å². The quantitative estimate of drug-likeness (QED) is 0.0277.